The van der Waals surface area contributed by atoms with Gasteiger partial charge in [0.1, 0.15) is 10.9 Å². The van der Waals surface area contributed by atoms with Gasteiger partial charge in [-0.1, -0.05) is 6.92 Å². The molecule has 0 heterocycles. The smallest absolute Gasteiger partial charge is 0.321 e. The predicted molar refractivity (Wildman–Crippen MR) is 58.4 cm³/mol. The van der Waals surface area contributed by atoms with Crippen molar-refractivity contribution in [3.05, 3.63) is 29.6 Å². The Kier molecular flexibility index (Phi) is 4.53. The molecule has 0 saturated carbocycles. The fraction of sp³-hybridized carbons (Fsp3) is 0.300. The molecule has 0 bridgehead atoms. The predicted octanol–water partition coefficient (Wildman–Crippen LogP) is 1.25. The Bertz CT molecular complexity index is 603. The van der Waals surface area contributed by atoms with Gasteiger partial charge in [-0.2, -0.15) is 4.72 Å². The fourth-order valence-corrected chi connectivity index (χ4v) is 2.62. The van der Waals surface area contributed by atoms with Crippen LogP contribution >= 0.6 is 0 Å². The number of carbonyl (C=O) groups is 1. The topological polar surface area (TPSA) is 83.5 Å². The summed E-state index contributed by atoms with van der Waals surface area (Å²) >= 11 is 0. The van der Waals surface area contributed by atoms with Crippen LogP contribution in [0.5, 0.6) is 0 Å². The third-order valence-electron chi connectivity index (χ3n) is 2.29. The molecule has 106 valence electrons. The van der Waals surface area contributed by atoms with Crippen molar-refractivity contribution in [3.8, 4) is 0 Å². The van der Waals surface area contributed by atoms with Crippen molar-refractivity contribution >= 4 is 16.0 Å². The highest BCUT2D eigenvalue weighted by molar-refractivity contribution is 7.89. The fourth-order valence-electron chi connectivity index (χ4n) is 1.27. The van der Waals surface area contributed by atoms with Crippen molar-refractivity contribution < 1.29 is 31.5 Å². The molecule has 0 aliphatic rings. The number of hydrogen-bond acceptors (Lipinski definition) is 3. The van der Waals surface area contributed by atoms with E-state index in [2.05, 4.69) is 0 Å². The van der Waals surface area contributed by atoms with Crippen molar-refractivity contribution in [2.24, 2.45) is 0 Å². The Morgan fingerprint density at radius 2 is 1.89 bits per heavy atom. The van der Waals surface area contributed by atoms with Gasteiger partial charge in [0.2, 0.25) is 10.0 Å². The Hall–Kier alpha value is -1.61. The number of rotatable bonds is 5. The van der Waals surface area contributed by atoms with Gasteiger partial charge in [0.15, 0.2) is 17.5 Å². The van der Waals surface area contributed by atoms with Crippen LogP contribution in [0.4, 0.5) is 13.2 Å². The lowest BCUT2D eigenvalue weighted by Crippen LogP contribution is -2.40. The quantitative estimate of drug-likeness (QED) is 0.801. The van der Waals surface area contributed by atoms with Crippen LogP contribution in [0.3, 0.4) is 0 Å². The third-order valence-corrected chi connectivity index (χ3v) is 3.78. The lowest BCUT2D eigenvalue weighted by Gasteiger charge is -2.13. The normalized spacial score (nSPS) is 13.3. The average molecular weight is 297 g/mol. The Morgan fingerprint density at radius 1 is 1.32 bits per heavy atom. The van der Waals surface area contributed by atoms with Crippen LogP contribution in [0.15, 0.2) is 17.0 Å². The highest BCUT2D eigenvalue weighted by atomic mass is 32.2. The summed E-state index contributed by atoms with van der Waals surface area (Å²) in [6, 6.07) is -0.531. The average Bonchev–Trinajstić information content (AvgIpc) is 2.32. The van der Waals surface area contributed by atoms with E-state index in [1.807, 2.05) is 0 Å². The summed E-state index contributed by atoms with van der Waals surface area (Å²) in [5, 5.41) is 8.70. The number of hydrogen-bond donors (Lipinski definition) is 2. The van der Waals surface area contributed by atoms with E-state index in [-0.39, 0.29) is 6.42 Å². The van der Waals surface area contributed by atoms with Crippen molar-refractivity contribution in [1.29, 1.82) is 0 Å². The summed E-state index contributed by atoms with van der Waals surface area (Å²) in [7, 11) is -4.60. The molecule has 19 heavy (non-hydrogen) atoms. The molecule has 0 amide bonds. The third kappa shape index (κ3) is 3.24. The van der Waals surface area contributed by atoms with Gasteiger partial charge in [0.25, 0.3) is 0 Å². The second-order valence-corrected chi connectivity index (χ2v) is 5.28. The molecule has 1 aromatic carbocycles. The maximum atomic E-state index is 13.3. The molecule has 1 aromatic rings. The first kappa shape index (κ1) is 15.4. The summed E-state index contributed by atoms with van der Waals surface area (Å²) < 4.78 is 64.0. The minimum Gasteiger partial charge on any atom is -0.480 e. The number of benzene rings is 1. The summed E-state index contributed by atoms with van der Waals surface area (Å²) in [4.78, 5) is 9.54. The van der Waals surface area contributed by atoms with E-state index in [0.29, 0.717) is 12.1 Å². The molecule has 2 N–H and O–H groups in total. The molecule has 1 atom stereocenters. The zero-order valence-electron chi connectivity index (χ0n) is 9.65. The minimum atomic E-state index is -4.60. The highest BCUT2D eigenvalue weighted by Crippen LogP contribution is 2.19. The van der Waals surface area contributed by atoms with Crippen molar-refractivity contribution in [2.75, 3.05) is 0 Å². The first-order valence-electron chi connectivity index (χ1n) is 5.09. The van der Waals surface area contributed by atoms with Crippen LogP contribution < -0.4 is 4.72 Å². The maximum Gasteiger partial charge on any atom is 0.321 e. The van der Waals surface area contributed by atoms with E-state index in [9.17, 15) is 26.4 Å². The number of aliphatic carboxylic acids is 1. The summed E-state index contributed by atoms with van der Waals surface area (Å²) in [5.41, 5.74) is 0. The number of nitrogens with one attached hydrogen (secondary N) is 1. The van der Waals surface area contributed by atoms with E-state index in [4.69, 9.17) is 5.11 Å². The van der Waals surface area contributed by atoms with Gasteiger partial charge >= 0.3 is 5.97 Å². The van der Waals surface area contributed by atoms with Crippen LogP contribution in [-0.2, 0) is 14.8 Å². The Labute approximate surface area is 107 Å². The van der Waals surface area contributed by atoms with Crippen LogP contribution in [0.25, 0.3) is 0 Å². The molecule has 9 heteroatoms. The molecular formula is C10H10F3NO4S. The van der Waals surface area contributed by atoms with Gasteiger partial charge in [-0.3, -0.25) is 4.79 Å². The molecule has 0 saturated heterocycles. The molecule has 0 aliphatic carbocycles. The van der Waals surface area contributed by atoms with Gasteiger partial charge in [-0.25, -0.2) is 21.6 Å². The Balaban J connectivity index is 3.22. The molecule has 0 spiro atoms. The molecule has 0 radical (unpaired) electrons. The molecular weight excluding hydrogens is 287 g/mol. The van der Waals surface area contributed by atoms with Gasteiger partial charge < -0.3 is 5.11 Å². The lowest BCUT2D eigenvalue weighted by molar-refractivity contribution is -0.139. The zero-order valence-corrected chi connectivity index (χ0v) is 10.5. The van der Waals surface area contributed by atoms with E-state index in [1.165, 1.54) is 6.92 Å². The standard InChI is InChI=1S/C10H10F3NO4S/c1-2-6(10(15)16)14-19(17,18)7-4-3-5(11)8(12)9(7)13/h3-4,6,14H,2H2,1H3,(H,15,16)/t6-/m0/s1. The SMILES string of the molecule is CC[C@H](NS(=O)(=O)c1ccc(F)c(F)c1F)C(=O)O. The molecule has 1 rings (SSSR count). The van der Waals surface area contributed by atoms with E-state index in [0.717, 1.165) is 0 Å². The second kappa shape index (κ2) is 5.57. The molecule has 0 aromatic heterocycles. The largest absolute Gasteiger partial charge is 0.480 e. The number of sulfonamides is 1. The van der Waals surface area contributed by atoms with E-state index < -0.39 is 44.4 Å². The minimum absolute atomic E-state index is 0.0974. The molecule has 0 fully saturated rings. The maximum absolute atomic E-state index is 13.3. The van der Waals surface area contributed by atoms with Gasteiger partial charge in [-0.05, 0) is 18.6 Å². The van der Waals surface area contributed by atoms with Gasteiger partial charge in [0, 0.05) is 0 Å². The highest BCUT2D eigenvalue weighted by Gasteiger charge is 2.28. The number of carboxylic acid groups (broad SMARTS) is 1. The summed E-state index contributed by atoms with van der Waals surface area (Å²) in [6.07, 6.45) is -0.0974. The van der Waals surface area contributed by atoms with Crippen LogP contribution in [-0.4, -0.2) is 25.5 Å². The van der Waals surface area contributed by atoms with Gasteiger partial charge in [0.05, 0.1) is 0 Å². The van der Waals surface area contributed by atoms with Crippen LogP contribution in [0.1, 0.15) is 13.3 Å². The van der Waals surface area contributed by atoms with Crippen molar-refractivity contribution in [3.63, 3.8) is 0 Å². The van der Waals surface area contributed by atoms with Crippen LogP contribution in [0, 0.1) is 17.5 Å². The number of halogens is 3. The number of carboxylic acids is 1. The first-order valence-corrected chi connectivity index (χ1v) is 6.57. The van der Waals surface area contributed by atoms with Crippen LogP contribution in [0.2, 0.25) is 0 Å². The first-order chi connectivity index (χ1) is 8.70. The molecule has 5 nitrogen and oxygen atoms in total. The van der Waals surface area contributed by atoms with E-state index in [1.54, 1.807) is 4.72 Å². The Morgan fingerprint density at radius 3 is 2.37 bits per heavy atom. The summed E-state index contributed by atoms with van der Waals surface area (Å²) in [6.45, 7) is 1.39. The van der Waals surface area contributed by atoms with Crippen molar-refractivity contribution in [1.82, 2.24) is 4.72 Å². The molecule has 0 aliphatic heterocycles. The second-order valence-electron chi connectivity index (χ2n) is 3.59. The monoisotopic (exact) mass is 297 g/mol. The zero-order chi connectivity index (χ0) is 14.8. The van der Waals surface area contributed by atoms with Crippen molar-refractivity contribution in [2.45, 2.75) is 24.3 Å². The van der Waals surface area contributed by atoms with Gasteiger partial charge in [-0.15, -0.1) is 0 Å². The molecule has 0 unspecified atom stereocenters. The van der Waals surface area contributed by atoms with E-state index >= 15 is 0 Å². The summed E-state index contributed by atoms with van der Waals surface area (Å²) in [5.74, 6) is -6.84. The lowest BCUT2D eigenvalue weighted by atomic mass is 10.2.